The van der Waals surface area contributed by atoms with E-state index in [9.17, 15) is 24.8 Å². The summed E-state index contributed by atoms with van der Waals surface area (Å²) in [6.45, 7) is 9.98. The number of hydrogen-bond acceptors (Lipinski definition) is 10. The van der Waals surface area contributed by atoms with Gasteiger partial charge >= 0.3 is 11.9 Å². The number of nitrogens with one attached hydrogen (secondary N) is 2. The van der Waals surface area contributed by atoms with Crippen LogP contribution in [-0.4, -0.2) is 54.4 Å². The number of carbonyl (C=O) groups is 2. The van der Waals surface area contributed by atoms with E-state index >= 15 is 0 Å². The molecule has 3 rings (SSSR count). The second-order valence-electron chi connectivity index (χ2n) is 10.2. The van der Waals surface area contributed by atoms with Crippen molar-refractivity contribution in [2.75, 3.05) is 26.4 Å². The molecule has 3 N–H and O–H groups in total. The molecule has 1 aliphatic heterocycles. The zero-order chi connectivity index (χ0) is 30.8. The molecule has 2 aromatic rings. The van der Waals surface area contributed by atoms with Gasteiger partial charge in [0.25, 0.3) is 5.69 Å². The Morgan fingerprint density at radius 3 is 2.26 bits per heavy atom. The number of ether oxygens (including phenoxy) is 3. The van der Waals surface area contributed by atoms with E-state index in [4.69, 9.17) is 14.2 Å². The lowest BCUT2D eigenvalue weighted by atomic mass is 9.80. The van der Waals surface area contributed by atoms with E-state index in [0.717, 1.165) is 5.56 Å². The minimum Gasteiger partial charge on any atom is -0.493 e. The van der Waals surface area contributed by atoms with Crippen molar-refractivity contribution in [2.24, 2.45) is 0 Å². The zero-order valence-electron chi connectivity index (χ0n) is 24.6. The molecule has 0 saturated carbocycles. The minimum absolute atomic E-state index is 0.0480. The van der Waals surface area contributed by atoms with Crippen molar-refractivity contribution in [1.82, 2.24) is 10.6 Å². The first-order valence-electron chi connectivity index (χ1n) is 13.9. The normalized spacial score (nSPS) is 15.7. The number of carbonyl (C=O) groups excluding carboxylic acids is 2. The third kappa shape index (κ3) is 8.40. The van der Waals surface area contributed by atoms with Gasteiger partial charge in [-0.05, 0) is 44.0 Å². The average molecular weight is 582 g/mol. The summed E-state index contributed by atoms with van der Waals surface area (Å²) < 4.78 is 16.6. The van der Waals surface area contributed by atoms with Gasteiger partial charge in [-0.2, -0.15) is 0 Å². The summed E-state index contributed by atoms with van der Waals surface area (Å²) in [7, 11) is 0. The first-order valence-corrected chi connectivity index (χ1v) is 13.9. The number of hydrogen-bond donors (Lipinski definition) is 3. The molecular weight excluding hydrogens is 542 g/mol. The molecule has 42 heavy (non-hydrogen) atoms. The lowest BCUT2D eigenvalue weighted by molar-refractivity contribution is -0.384. The van der Waals surface area contributed by atoms with Crippen molar-refractivity contribution in [2.45, 2.75) is 59.1 Å². The summed E-state index contributed by atoms with van der Waals surface area (Å²) in [5, 5.41) is 28.0. The SMILES string of the molecule is CCOC(=O)C1=C(C)NC(C)=C(C(=O)OCCCOc2ccc(C(O)CNC(C)C)cc2)C1c1cccc([N+](=O)[O-])c1. The van der Waals surface area contributed by atoms with Crippen molar-refractivity contribution < 1.29 is 33.8 Å². The number of rotatable bonds is 14. The maximum absolute atomic E-state index is 13.4. The van der Waals surface area contributed by atoms with E-state index < -0.39 is 28.9 Å². The van der Waals surface area contributed by atoms with E-state index in [1.54, 1.807) is 51.1 Å². The largest absolute Gasteiger partial charge is 0.493 e. The molecule has 226 valence electrons. The van der Waals surface area contributed by atoms with Crippen LogP contribution in [0.2, 0.25) is 0 Å². The van der Waals surface area contributed by atoms with Crippen LogP contribution in [0.5, 0.6) is 5.75 Å². The number of dihydropyridines is 1. The summed E-state index contributed by atoms with van der Waals surface area (Å²) in [5.41, 5.74) is 2.34. The molecule has 2 aromatic carbocycles. The summed E-state index contributed by atoms with van der Waals surface area (Å²) >= 11 is 0. The standard InChI is InChI=1S/C31H39N3O8/c1-6-40-30(36)27-20(4)33-21(5)28(29(27)23-9-7-10-24(17-23)34(38)39)31(37)42-16-8-15-41-25-13-11-22(12-14-25)26(35)18-32-19(2)3/h7,9-14,17,19,26,29,32-33,35H,6,8,15-16,18H2,1-5H3. The molecular formula is C31H39N3O8. The fourth-order valence-electron chi connectivity index (χ4n) is 4.64. The first kappa shape index (κ1) is 32.3. The van der Waals surface area contributed by atoms with Crippen LogP contribution in [0, 0.1) is 10.1 Å². The fraction of sp³-hybridized carbons (Fsp3) is 0.419. The van der Waals surface area contributed by atoms with Crippen LogP contribution in [-0.2, 0) is 19.1 Å². The maximum atomic E-state index is 13.4. The Bertz CT molecular complexity index is 1330. The fourth-order valence-corrected chi connectivity index (χ4v) is 4.64. The average Bonchev–Trinajstić information content (AvgIpc) is 2.95. The monoisotopic (exact) mass is 581 g/mol. The van der Waals surface area contributed by atoms with Gasteiger partial charge < -0.3 is 30.0 Å². The van der Waals surface area contributed by atoms with Gasteiger partial charge in [0.05, 0.1) is 47.9 Å². The maximum Gasteiger partial charge on any atom is 0.336 e. The third-order valence-electron chi connectivity index (χ3n) is 6.66. The Morgan fingerprint density at radius 1 is 1.02 bits per heavy atom. The number of nitro groups is 1. The summed E-state index contributed by atoms with van der Waals surface area (Å²) in [5.74, 6) is -1.58. The van der Waals surface area contributed by atoms with Crippen molar-refractivity contribution in [3.63, 3.8) is 0 Å². The highest BCUT2D eigenvalue weighted by Crippen LogP contribution is 2.40. The van der Waals surface area contributed by atoms with Crippen molar-refractivity contribution in [3.05, 3.63) is 92.3 Å². The van der Waals surface area contributed by atoms with E-state index in [-0.39, 0.29) is 42.7 Å². The number of esters is 2. The highest BCUT2D eigenvalue weighted by molar-refractivity contribution is 6.00. The zero-order valence-corrected chi connectivity index (χ0v) is 24.6. The van der Waals surface area contributed by atoms with Gasteiger partial charge in [0.1, 0.15) is 5.75 Å². The Hall–Kier alpha value is -4.22. The molecule has 1 aliphatic rings. The molecule has 0 fully saturated rings. The number of benzene rings is 2. The summed E-state index contributed by atoms with van der Waals surface area (Å²) in [4.78, 5) is 37.3. The van der Waals surface area contributed by atoms with Gasteiger partial charge in [0.15, 0.2) is 0 Å². The number of aliphatic hydroxyl groups is 1. The van der Waals surface area contributed by atoms with Gasteiger partial charge in [-0.1, -0.05) is 38.1 Å². The van der Waals surface area contributed by atoms with E-state index in [2.05, 4.69) is 10.6 Å². The molecule has 1 heterocycles. The minimum atomic E-state index is -0.918. The highest BCUT2D eigenvalue weighted by atomic mass is 16.6. The van der Waals surface area contributed by atoms with Crippen LogP contribution in [0.15, 0.2) is 71.1 Å². The third-order valence-corrected chi connectivity index (χ3v) is 6.66. The van der Waals surface area contributed by atoms with Crippen molar-refractivity contribution in [1.29, 1.82) is 0 Å². The predicted molar refractivity (Wildman–Crippen MR) is 157 cm³/mol. The Kier molecular flexibility index (Phi) is 11.6. The van der Waals surface area contributed by atoms with Crippen LogP contribution in [0.4, 0.5) is 5.69 Å². The van der Waals surface area contributed by atoms with Crippen molar-refractivity contribution >= 4 is 17.6 Å². The van der Waals surface area contributed by atoms with Gasteiger partial charge in [-0.3, -0.25) is 10.1 Å². The quantitative estimate of drug-likeness (QED) is 0.127. The number of nitro benzene ring substituents is 1. The molecule has 11 heteroatoms. The molecule has 0 radical (unpaired) electrons. The van der Waals surface area contributed by atoms with Gasteiger partial charge in [-0.25, -0.2) is 9.59 Å². The number of allylic oxidation sites excluding steroid dienone is 2. The molecule has 0 saturated heterocycles. The number of aliphatic hydroxyl groups excluding tert-OH is 1. The molecule has 0 aliphatic carbocycles. The molecule has 2 unspecified atom stereocenters. The molecule has 0 aromatic heterocycles. The Labute approximate surface area is 245 Å². The van der Waals surface area contributed by atoms with Crippen LogP contribution in [0.1, 0.15) is 64.2 Å². The topological polar surface area (TPSA) is 149 Å². The van der Waals surface area contributed by atoms with Crippen LogP contribution < -0.4 is 15.4 Å². The molecule has 0 spiro atoms. The highest BCUT2D eigenvalue weighted by Gasteiger charge is 2.38. The molecule has 0 bridgehead atoms. The molecule has 2 atom stereocenters. The van der Waals surface area contributed by atoms with Gasteiger partial charge in [0.2, 0.25) is 0 Å². The van der Waals surface area contributed by atoms with Crippen LogP contribution in [0.25, 0.3) is 0 Å². The lowest BCUT2D eigenvalue weighted by Gasteiger charge is -2.30. The van der Waals surface area contributed by atoms with Crippen molar-refractivity contribution in [3.8, 4) is 5.75 Å². The van der Waals surface area contributed by atoms with Gasteiger partial charge in [0, 0.05) is 42.5 Å². The second kappa shape index (κ2) is 15.1. The number of non-ortho nitro benzene ring substituents is 1. The smallest absolute Gasteiger partial charge is 0.336 e. The lowest BCUT2D eigenvalue weighted by Crippen LogP contribution is -2.32. The summed E-state index contributed by atoms with van der Waals surface area (Å²) in [6, 6.07) is 13.3. The van der Waals surface area contributed by atoms with Crippen LogP contribution >= 0.6 is 0 Å². The number of nitrogens with zero attached hydrogens (tertiary/aromatic N) is 1. The van der Waals surface area contributed by atoms with E-state index in [1.165, 1.54) is 18.2 Å². The van der Waals surface area contributed by atoms with E-state index in [1.807, 2.05) is 13.8 Å². The Balaban J connectivity index is 1.67. The first-order chi connectivity index (χ1) is 20.0. The predicted octanol–water partition coefficient (Wildman–Crippen LogP) is 4.44. The Morgan fingerprint density at radius 2 is 1.67 bits per heavy atom. The van der Waals surface area contributed by atoms with Gasteiger partial charge in [-0.15, -0.1) is 0 Å². The van der Waals surface area contributed by atoms with Crippen LogP contribution in [0.3, 0.4) is 0 Å². The molecule has 11 nitrogen and oxygen atoms in total. The second-order valence-corrected chi connectivity index (χ2v) is 10.2. The summed E-state index contributed by atoms with van der Waals surface area (Å²) in [6.07, 6.45) is -0.225. The molecule has 0 amide bonds. The van der Waals surface area contributed by atoms with E-state index in [0.29, 0.717) is 35.7 Å².